The maximum atomic E-state index is 9.37. The number of nitrogens with zero attached hydrogens (tertiary/aromatic N) is 3. The Morgan fingerprint density at radius 1 is 1.16 bits per heavy atom. The van der Waals surface area contributed by atoms with Crippen LogP contribution in [0.4, 0.5) is 5.82 Å². The summed E-state index contributed by atoms with van der Waals surface area (Å²) in [5, 5.41) is 9.37. The molecule has 0 amide bonds. The zero-order valence-corrected chi connectivity index (χ0v) is 12.7. The van der Waals surface area contributed by atoms with Gasteiger partial charge in [0.2, 0.25) is 0 Å². The average Bonchev–Trinajstić information content (AvgIpc) is 2.38. The standard InChI is InChI=1S/C16H25N3/c1-5-7-9-19(10-8-6-2)16-15(12-17)13(3)11-14(4)18-16/h11H,5-10H2,1-4H3. The minimum Gasteiger partial charge on any atom is -0.356 e. The van der Waals surface area contributed by atoms with Gasteiger partial charge in [-0.3, -0.25) is 0 Å². The number of unbranched alkanes of at least 4 members (excludes halogenated alkanes) is 2. The largest absolute Gasteiger partial charge is 0.356 e. The Morgan fingerprint density at radius 3 is 2.21 bits per heavy atom. The van der Waals surface area contributed by atoms with Crippen molar-refractivity contribution in [2.75, 3.05) is 18.0 Å². The van der Waals surface area contributed by atoms with Crippen LogP contribution >= 0.6 is 0 Å². The summed E-state index contributed by atoms with van der Waals surface area (Å²) >= 11 is 0. The second kappa shape index (κ2) is 7.78. The van der Waals surface area contributed by atoms with Crippen molar-refractivity contribution in [3.63, 3.8) is 0 Å². The monoisotopic (exact) mass is 259 g/mol. The number of hydrogen-bond donors (Lipinski definition) is 0. The van der Waals surface area contributed by atoms with Gasteiger partial charge in [-0.1, -0.05) is 26.7 Å². The van der Waals surface area contributed by atoms with Crippen molar-refractivity contribution in [1.82, 2.24) is 4.98 Å². The highest BCUT2D eigenvalue weighted by Gasteiger charge is 2.15. The normalized spacial score (nSPS) is 10.3. The van der Waals surface area contributed by atoms with Gasteiger partial charge in [-0.2, -0.15) is 5.26 Å². The molecule has 0 aromatic carbocycles. The molecule has 0 bridgehead atoms. The van der Waals surface area contributed by atoms with E-state index in [0.717, 1.165) is 61.4 Å². The van der Waals surface area contributed by atoms with E-state index in [9.17, 15) is 5.26 Å². The molecule has 19 heavy (non-hydrogen) atoms. The molecule has 104 valence electrons. The first-order valence-corrected chi connectivity index (χ1v) is 7.27. The molecule has 0 saturated heterocycles. The van der Waals surface area contributed by atoms with Crippen molar-refractivity contribution in [2.24, 2.45) is 0 Å². The van der Waals surface area contributed by atoms with Crippen LogP contribution in [0.3, 0.4) is 0 Å². The summed E-state index contributed by atoms with van der Waals surface area (Å²) in [6, 6.07) is 4.31. The molecule has 1 aromatic rings. The first-order chi connectivity index (χ1) is 9.13. The second-order valence-electron chi connectivity index (χ2n) is 5.09. The Balaban J connectivity index is 3.09. The van der Waals surface area contributed by atoms with Crippen LogP contribution in [0.2, 0.25) is 0 Å². The van der Waals surface area contributed by atoms with Crippen molar-refractivity contribution >= 4 is 5.82 Å². The van der Waals surface area contributed by atoms with Crippen molar-refractivity contribution < 1.29 is 0 Å². The van der Waals surface area contributed by atoms with E-state index in [1.54, 1.807) is 0 Å². The number of hydrogen-bond acceptors (Lipinski definition) is 3. The summed E-state index contributed by atoms with van der Waals surface area (Å²) < 4.78 is 0. The highest BCUT2D eigenvalue weighted by molar-refractivity contribution is 5.58. The molecule has 0 aliphatic heterocycles. The highest BCUT2D eigenvalue weighted by atomic mass is 15.2. The smallest absolute Gasteiger partial charge is 0.147 e. The van der Waals surface area contributed by atoms with Crippen LogP contribution in [0.25, 0.3) is 0 Å². The summed E-state index contributed by atoms with van der Waals surface area (Å²) in [5.74, 6) is 0.877. The third-order valence-corrected chi connectivity index (χ3v) is 3.30. The number of pyridine rings is 1. The summed E-state index contributed by atoms with van der Waals surface area (Å²) in [7, 11) is 0. The van der Waals surface area contributed by atoms with Crippen LogP contribution < -0.4 is 4.90 Å². The predicted molar refractivity (Wildman–Crippen MR) is 80.5 cm³/mol. The second-order valence-corrected chi connectivity index (χ2v) is 5.09. The van der Waals surface area contributed by atoms with Crippen LogP contribution in [0.15, 0.2) is 6.07 Å². The molecule has 0 spiro atoms. The SMILES string of the molecule is CCCCN(CCCC)c1nc(C)cc(C)c1C#N. The topological polar surface area (TPSA) is 39.9 Å². The molecule has 0 fully saturated rings. The number of aryl methyl sites for hydroxylation is 2. The number of anilines is 1. The Bertz CT molecular complexity index is 438. The first-order valence-electron chi connectivity index (χ1n) is 7.27. The van der Waals surface area contributed by atoms with Crippen molar-refractivity contribution in [3.8, 4) is 6.07 Å². The highest BCUT2D eigenvalue weighted by Crippen LogP contribution is 2.22. The zero-order valence-electron chi connectivity index (χ0n) is 12.7. The number of aromatic nitrogens is 1. The Labute approximate surface area is 117 Å². The van der Waals surface area contributed by atoms with E-state index in [-0.39, 0.29) is 0 Å². The lowest BCUT2D eigenvalue weighted by Gasteiger charge is -2.25. The lowest BCUT2D eigenvalue weighted by molar-refractivity contribution is 0.669. The van der Waals surface area contributed by atoms with Crippen molar-refractivity contribution in [2.45, 2.75) is 53.4 Å². The predicted octanol–water partition coefficient (Wildman–Crippen LogP) is 3.98. The Kier molecular flexibility index (Phi) is 6.35. The van der Waals surface area contributed by atoms with Gasteiger partial charge in [-0.15, -0.1) is 0 Å². The van der Waals surface area contributed by atoms with Crippen LogP contribution in [-0.2, 0) is 0 Å². The zero-order chi connectivity index (χ0) is 14.3. The molecule has 0 unspecified atom stereocenters. The van der Waals surface area contributed by atoms with E-state index < -0.39 is 0 Å². The summed E-state index contributed by atoms with van der Waals surface area (Å²) in [6.45, 7) is 10.3. The summed E-state index contributed by atoms with van der Waals surface area (Å²) in [4.78, 5) is 6.90. The minimum absolute atomic E-state index is 0.734. The molecule has 3 heteroatoms. The molecule has 1 aromatic heterocycles. The average molecular weight is 259 g/mol. The minimum atomic E-state index is 0.734. The quantitative estimate of drug-likeness (QED) is 0.743. The molecular weight excluding hydrogens is 234 g/mol. The van der Waals surface area contributed by atoms with E-state index in [4.69, 9.17) is 0 Å². The van der Waals surface area contributed by atoms with E-state index in [1.807, 2.05) is 19.9 Å². The molecule has 0 aliphatic carbocycles. The van der Waals surface area contributed by atoms with Crippen LogP contribution in [0.1, 0.15) is 56.4 Å². The van der Waals surface area contributed by atoms with E-state index >= 15 is 0 Å². The van der Waals surface area contributed by atoms with E-state index in [0.29, 0.717) is 0 Å². The maximum Gasteiger partial charge on any atom is 0.147 e. The molecule has 1 rings (SSSR count). The number of nitriles is 1. The van der Waals surface area contributed by atoms with Gasteiger partial charge in [0.1, 0.15) is 11.9 Å². The third kappa shape index (κ3) is 4.24. The fraction of sp³-hybridized carbons (Fsp3) is 0.625. The fourth-order valence-electron chi connectivity index (χ4n) is 2.21. The first kappa shape index (κ1) is 15.5. The van der Waals surface area contributed by atoms with Crippen molar-refractivity contribution in [1.29, 1.82) is 5.26 Å². The van der Waals surface area contributed by atoms with Gasteiger partial charge < -0.3 is 4.90 Å². The summed E-state index contributed by atoms with van der Waals surface area (Å²) in [6.07, 6.45) is 4.61. The Hall–Kier alpha value is -1.56. The molecule has 0 N–H and O–H groups in total. The molecule has 0 aliphatic rings. The lowest BCUT2D eigenvalue weighted by Crippen LogP contribution is -2.28. The lowest BCUT2D eigenvalue weighted by atomic mass is 10.1. The van der Waals surface area contributed by atoms with E-state index in [2.05, 4.69) is 29.8 Å². The molecule has 0 atom stereocenters. The maximum absolute atomic E-state index is 9.37. The van der Waals surface area contributed by atoms with Gasteiger partial charge >= 0.3 is 0 Å². The summed E-state index contributed by atoms with van der Waals surface area (Å²) in [5.41, 5.74) is 2.75. The Morgan fingerprint density at radius 2 is 1.74 bits per heavy atom. The van der Waals surface area contributed by atoms with Gasteiger partial charge in [0.15, 0.2) is 0 Å². The third-order valence-electron chi connectivity index (χ3n) is 3.30. The molecule has 3 nitrogen and oxygen atoms in total. The van der Waals surface area contributed by atoms with Crippen LogP contribution in [0.5, 0.6) is 0 Å². The van der Waals surface area contributed by atoms with Crippen LogP contribution in [-0.4, -0.2) is 18.1 Å². The molecule has 0 saturated carbocycles. The molecular formula is C16H25N3. The van der Waals surface area contributed by atoms with Gasteiger partial charge in [0.25, 0.3) is 0 Å². The molecule has 1 heterocycles. The van der Waals surface area contributed by atoms with Gasteiger partial charge in [-0.05, 0) is 38.3 Å². The van der Waals surface area contributed by atoms with Gasteiger partial charge in [0.05, 0.1) is 5.56 Å². The number of rotatable bonds is 7. The van der Waals surface area contributed by atoms with Gasteiger partial charge in [-0.25, -0.2) is 4.98 Å². The van der Waals surface area contributed by atoms with Crippen LogP contribution in [0, 0.1) is 25.2 Å². The fourth-order valence-corrected chi connectivity index (χ4v) is 2.21. The van der Waals surface area contributed by atoms with Crippen molar-refractivity contribution in [3.05, 3.63) is 22.9 Å². The van der Waals surface area contributed by atoms with E-state index in [1.165, 1.54) is 0 Å². The van der Waals surface area contributed by atoms with Gasteiger partial charge in [0, 0.05) is 18.8 Å². The molecule has 0 radical (unpaired) electrons.